The molecule has 0 atom stereocenters. The smallest absolute Gasteiger partial charge is 0.222 e. The monoisotopic (exact) mass is 230 g/mol. The van der Waals surface area contributed by atoms with E-state index >= 15 is 0 Å². The lowest BCUT2D eigenvalue weighted by atomic mass is 9.96. The quantitative estimate of drug-likeness (QED) is 0.880. The number of rotatable bonds is 3. The van der Waals surface area contributed by atoms with Gasteiger partial charge in [0.2, 0.25) is 5.88 Å². The summed E-state index contributed by atoms with van der Waals surface area (Å²) in [6.45, 7) is 0. The average molecular weight is 230 g/mol. The maximum atomic E-state index is 5.92. The van der Waals surface area contributed by atoms with Crippen LogP contribution < -0.4 is 10.5 Å². The van der Waals surface area contributed by atoms with Crippen LogP contribution in [0.5, 0.6) is 5.75 Å². The van der Waals surface area contributed by atoms with Gasteiger partial charge in [-0.2, -0.15) is 0 Å². The summed E-state index contributed by atoms with van der Waals surface area (Å²) < 4.78 is 10.8. The highest BCUT2D eigenvalue weighted by Gasteiger charge is 2.21. The molecular weight excluding hydrogens is 216 g/mol. The van der Waals surface area contributed by atoms with Crippen molar-refractivity contribution in [2.24, 2.45) is 0 Å². The molecule has 17 heavy (non-hydrogen) atoms. The third-order valence-corrected chi connectivity index (χ3v) is 3.04. The fourth-order valence-corrected chi connectivity index (χ4v) is 1.87. The molecule has 2 N–H and O–H groups in total. The molecule has 1 fully saturated rings. The number of nitrogens with zero attached hydrogens (tertiary/aromatic N) is 1. The highest BCUT2D eigenvalue weighted by atomic mass is 16.5. The first kappa shape index (κ1) is 10.2. The van der Waals surface area contributed by atoms with Crippen molar-refractivity contribution in [3.8, 4) is 17.0 Å². The number of nitrogen functional groups attached to an aromatic ring is 1. The summed E-state index contributed by atoms with van der Waals surface area (Å²) in [7, 11) is 0. The van der Waals surface area contributed by atoms with Crippen molar-refractivity contribution in [3.05, 3.63) is 30.3 Å². The largest absolute Gasteiger partial charge is 0.490 e. The zero-order valence-corrected chi connectivity index (χ0v) is 9.43. The van der Waals surface area contributed by atoms with Crippen LogP contribution in [0.4, 0.5) is 5.88 Å². The number of aromatic nitrogens is 1. The molecule has 1 heterocycles. The number of benzene rings is 1. The van der Waals surface area contributed by atoms with Gasteiger partial charge in [0.1, 0.15) is 11.4 Å². The zero-order valence-electron chi connectivity index (χ0n) is 9.43. The van der Waals surface area contributed by atoms with Crippen LogP contribution in [0.1, 0.15) is 19.3 Å². The predicted molar refractivity (Wildman–Crippen MR) is 64.6 cm³/mol. The molecule has 88 valence electrons. The van der Waals surface area contributed by atoms with E-state index in [2.05, 4.69) is 5.16 Å². The van der Waals surface area contributed by atoms with E-state index in [0.29, 0.717) is 12.0 Å². The normalized spacial score (nSPS) is 15.5. The highest BCUT2D eigenvalue weighted by Crippen LogP contribution is 2.33. The van der Waals surface area contributed by atoms with Gasteiger partial charge in [0.05, 0.1) is 6.10 Å². The second-order valence-electron chi connectivity index (χ2n) is 4.28. The van der Waals surface area contributed by atoms with Crippen molar-refractivity contribution in [1.82, 2.24) is 5.16 Å². The van der Waals surface area contributed by atoms with E-state index in [-0.39, 0.29) is 0 Å². The van der Waals surface area contributed by atoms with Crippen LogP contribution in [0.2, 0.25) is 0 Å². The lowest BCUT2D eigenvalue weighted by Crippen LogP contribution is -2.24. The first-order chi connectivity index (χ1) is 8.33. The Morgan fingerprint density at radius 2 is 2.12 bits per heavy atom. The second kappa shape index (κ2) is 4.13. The van der Waals surface area contributed by atoms with Gasteiger partial charge < -0.3 is 15.0 Å². The molecule has 1 aromatic heterocycles. The summed E-state index contributed by atoms with van der Waals surface area (Å²) in [5.41, 5.74) is 7.18. The number of nitrogens with two attached hydrogens (primary N) is 1. The first-order valence-electron chi connectivity index (χ1n) is 5.81. The van der Waals surface area contributed by atoms with Gasteiger partial charge >= 0.3 is 0 Å². The highest BCUT2D eigenvalue weighted by molar-refractivity contribution is 5.68. The number of anilines is 1. The minimum Gasteiger partial charge on any atom is -0.490 e. The van der Waals surface area contributed by atoms with Gasteiger partial charge in [0.15, 0.2) is 0 Å². The molecule has 0 spiro atoms. The molecule has 2 aromatic rings. The molecule has 0 radical (unpaired) electrons. The molecule has 0 amide bonds. The van der Waals surface area contributed by atoms with Crippen molar-refractivity contribution in [1.29, 1.82) is 0 Å². The lowest BCUT2D eigenvalue weighted by molar-refractivity contribution is 0.121. The standard InChI is InChI=1S/C13H14N2O2/c14-13-8-11(15-17-13)10-6-1-2-7-12(10)16-9-4-3-5-9/h1-2,6-9H,3-5,14H2. The van der Waals surface area contributed by atoms with Gasteiger partial charge in [-0.25, -0.2) is 0 Å². The Kier molecular flexibility index (Phi) is 2.48. The fraction of sp³-hybridized carbons (Fsp3) is 0.308. The van der Waals surface area contributed by atoms with Crippen LogP contribution in [-0.4, -0.2) is 11.3 Å². The molecule has 3 rings (SSSR count). The molecular formula is C13H14N2O2. The van der Waals surface area contributed by atoms with Gasteiger partial charge in [0.25, 0.3) is 0 Å². The summed E-state index contributed by atoms with van der Waals surface area (Å²) in [5, 5.41) is 3.92. The predicted octanol–water partition coefficient (Wildman–Crippen LogP) is 2.86. The van der Waals surface area contributed by atoms with Crippen LogP contribution >= 0.6 is 0 Å². The molecule has 1 aliphatic rings. The second-order valence-corrected chi connectivity index (χ2v) is 4.28. The van der Waals surface area contributed by atoms with E-state index in [1.54, 1.807) is 6.07 Å². The summed E-state index contributed by atoms with van der Waals surface area (Å²) in [5.74, 6) is 1.17. The van der Waals surface area contributed by atoms with Crippen LogP contribution in [0.15, 0.2) is 34.9 Å². The number of hydrogen-bond donors (Lipinski definition) is 1. The SMILES string of the molecule is Nc1cc(-c2ccccc2OC2CCC2)no1. The molecule has 0 saturated heterocycles. The van der Waals surface area contributed by atoms with Crippen LogP contribution in [0.25, 0.3) is 11.3 Å². The van der Waals surface area contributed by atoms with Gasteiger partial charge in [0, 0.05) is 11.6 Å². The minimum absolute atomic E-state index is 0.318. The van der Waals surface area contributed by atoms with E-state index in [0.717, 1.165) is 29.8 Å². The van der Waals surface area contributed by atoms with Crippen LogP contribution in [0.3, 0.4) is 0 Å². The Morgan fingerprint density at radius 3 is 2.76 bits per heavy atom. The number of para-hydroxylation sites is 1. The van der Waals surface area contributed by atoms with Gasteiger partial charge in [-0.1, -0.05) is 17.3 Å². The van der Waals surface area contributed by atoms with Crippen molar-refractivity contribution in [3.63, 3.8) is 0 Å². The Morgan fingerprint density at radius 1 is 1.29 bits per heavy atom. The minimum atomic E-state index is 0.318. The van der Waals surface area contributed by atoms with Crippen LogP contribution in [-0.2, 0) is 0 Å². The fourth-order valence-electron chi connectivity index (χ4n) is 1.87. The Hall–Kier alpha value is -1.97. The molecule has 1 saturated carbocycles. The van der Waals surface area contributed by atoms with E-state index < -0.39 is 0 Å². The Labute approximate surface area is 99.4 Å². The maximum absolute atomic E-state index is 5.92. The molecule has 0 aliphatic heterocycles. The Bertz CT molecular complexity index is 518. The molecule has 1 aliphatic carbocycles. The third-order valence-electron chi connectivity index (χ3n) is 3.04. The first-order valence-corrected chi connectivity index (χ1v) is 5.81. The third kappa shape index (κ3) is 1.98. The van der Waals surface area contributed by atoms with E-state index in [9.17, 15) is 0 Å². The van der Waals surface area contributed by atoms with Crippen molar-refractivity contribution >= 4 is 5.88 Å². The number of ether oxygens (including phenoxy) is 1. The molecule has 0 unspecified atom stereocenters. The summed E-state index contributed by atoms with van der Waals surface area (Å²) in [4.78, 5) is 0. The van der Waals surface area contributed by atoms with Gasteiger partial charge in [-0.15, -0.1) is 0 Å². The number of hydrogen-bond acceptors (Lipinski definition) is 4. The zero-order chi connectivity index (χ0) is 11.7. The van der Waals surface area contributed by atoms with E-state index in [1.165, 1.54) is 6.42 Å². The topological polar surface area (TPSA) is 61.3 Å². The Balaban J connectivity index is 1.92. The van der Waals surface area contributed by atoms with Gasteiger partial charge in [-0.3, -0.25) is 0 Å². The van der Waals surface area contributed by atoms with Gasteiger partial charge in [-0.05, 0) is 31.4 Å². The maximum Gasteiger partial charge on any atom is 0.222 e. The summed E-state index contributed by atoms with van der Waals surface area (Å²) in [6, 6.07) is 9.54. The molecule has 4 heteroatoms. The summed E-state index contributed by atoms with van der Waals surface area (Å²) >= 11 is 0. The van der Waals surface area contributed by atoms with Crippen molar-refractivity contribution in [2.75, 3.05) is 5.73 Å². The van der Waals surface area contributed by atoms with E-state index in [1.807, 2.05) is 24.3 Å². The molecule has 1 aromatic carbocycles. The van der Waals surface area contributed by atoms with Crippen LogP contribution in [0, 0.1) is 0 Å². The van der Waals surface area contributed by atoms with E-state index in [4.69, 9.17) is 15.0 Å². The molecule has 0 bridgehead atoms. The van der Waals surface area contributed by atoms with Crippen molar-refractivity contribution < 1.29 is 9.26 Å². The van der Waals surface area contributed by atoms with Crippen molar-refractivity contribution in [2.45, 2.75) is 25.4 Å². The lowest BCUT2D eigenvalue weighted by Gasteiger charge is -2.27. The average Bonchev–Trinajstić information content (AvgIpc) is 2.71. The molecule has 4 nitrogen and oxygen atoms in total. The summed E-state index contributed by atoms with van der Waals surface area (Å²) in [6.07, 6.45) is 3.87.